The van der Waals surface area contributed by atoms with Crippen molar-refractivity contribution in [3.63, 3.8) is 0 Å². The van der Waals surface area contributed by atoms with Crippen LogP contribution in [0.15, 0.2) is 24.3 Å². The zero-order valence-corrected chi connectivity index (χ0v) is 15.5. The maximum atomic E-state index is 12.4. The van der Waals surface area contributed by atoms with Crippen molar-refractivity contribution < 1.29 is 9.53 Å². The number of hydrogen-bond donors (Lipinski definition) is 1. The van der Waals surface area contributed by atoms with E-state index in [-0.39, 0.29) is 24.9 Å². The molecular weight excluding hydrogens is 324 g/mol. The van der Waals surface area contributed by atoms with Gasteiger partial charge in [-0.15, -0.1) is 12.4 Å². The summed E-state index contributed by atoms with van der Waals surface area (Å²) in [5, 5.41) is 3.47. The van der Waals surface area contributed by atoms with Crippen LogP contribution in [0.3, 0.4) is 0 Å². The Labute approximate surface area is 151 Å². The Morgan fingerprint density at radius 3 is 2.54 bits per heavy atom. The number of likely N-dealkylation sites (tertiary alicyclic amines) is 1. The first-order valence-corrected chi connectivity index (χ1v) is 8.84. The number of carbonyl (C=O) groups is 1. The number of nitrogens with zero attached hydrogens (tertiary/aromatic N) is 1. The molecule has 3 rings (SSSR count). The summed E-state index contributed by atoms with van der Waals surface area (Å²) in [6.07, 6.45) is 2.23. The van der Waals surface area contributed by atoms with Crippen molar-refractivity contribution in [1.29, 1.82) is 0 Å². The van der Waals surface area contributed by atoms with E-state index in [2.05, 4.69) is 25.2 Å². The molecule has 0 saturated carbocycles. The van der Waals surface area contributed by atoms with Crippen molar-refractivity contribution in [2.45, 2.75) is 32.6 Å². The summed E-state index contributed by atoms with van der Waals surface area (Å²) in [5.74, 6) is 2.87. The molecule has 2 atom stereocenters. The molecular formula is C19H29ClN2O2. The molecule has 1 aromatic carbocycles. The number of amides is 1. The Morgan fingerprint density at radius 1 is 1.25 bits per heavy atom. The van der Waals surface area contributed by atoms with Gasteiger partial charge in [0.15, 0.2) is 6.61 Å². The van der Waals surface area contributed by atoms with Crippen LogP contribution < -0.4 is 10.1 Å². The van der Waals surface area contributed by atoms with Gasteiger partial charge in [0.1, 0.15) is 5.75 Å². The largest absolute Gasteiger partial charge is 0.484 e. The molecule has 0 bridgehead atoms. The maximum absolute atomic E-state index is 12.4. The van der Waals surface area contributed by atoms with Gasteiger partial charge in [0.25, 0.3) is 5.91 Å². The zero-order chi connectivity index (χ0) is 16.2. The minimum atomic E-state index is 0. The lowest BCUT2D eigenvalue weighted by atomic mass is 9.92. The summed E-state index contributed by atoms with van der Waals surface area (Å²) in [7, 11) is 0. The molecule has 2 aliphatic rings. The van der Waals surface area contributed by atoms with Gasteiger partial charge >= 0.3 is 0 Å². The standard InChI is InChI=1S/C19H28N2O2.ClH/c1-14(2)15-4-3-5-18(10-15)23-13-19(22)21-8-6-16-11-20-12-17(16)7-9-21;/h3-5,10,14,16-17,20H,6-9,11-13H2,1-2H3;1H/t16-,17+;. The Balaban J connectivity index is 0.00000208. The average Bonchev–Trinajstić information content (AvgIpc) is 2.91. The van der Waals surface area contributed by atoms with Gasteiger partial charge in [0.05, 0.1) is 0 Å². The lowest BCUT2D eigenvalue weighted by Crippen LogP contribution is -2.36. The minimum Gasteiger partial charge on any atom is -0.484 e. The first-order chi connectivity index (χ1) is 11.1. The number of hydrogen-bond acceptors (Lipinski definition) is 3. The van der Waals surface area contributed by atoms with Crippen LogP contribution in [0.5, 0.6) is 5.75 Å². The third-order valence-corrected chi connectivity index (χ3v) is 5.26. The van der Waals surface area contributed by atoms with E-state index in [1.165, 1.54) is 5.56 Å². The quantitative estimate of drug-likeness (QED) is 0.905. The number of halogens is 1. The number of fused-ring (bicyclic) bond motifs is 1. The molecule has 2 aliphatic heterocycles. The zero-order valence-electron chi connectivity index (χ0n) is 14.7. The van der Waals surface area contributed by atoms with Crippen LogP contribution >= 0.6 is 12.4 Å². The fraction of sp³-hybridized carbons (Fsp3) is 0.632. The van der Waals surface area contributed by atoms with E-state index in [1.807, 2.05) is 23.1 Å². The van der Waals surface area contributed by atoms with Crippen LogP contribution in [-0.2, 0) is 4.79 Å². The molecule has 24 heavy (non-hydrogen) atoms. The van der Waals surface area contributed by atoms with Crippen molar-refractivity contribution in [2.75, 3.05) is 32.8 Å². The molecule has 1 amide bonds. The van der Waals surface area contributed by atoms with E-state index in [9.17, 15) is 4.79 Å². The highest BCUT2D eigenvalue weighted by atomic mass is 35.5. The average molecular weight is 353 g/mol. The fourth-order valence-electron chi connectivity index (χ4n) is 3.67. The van der Waals surface area contributed by atoms with Gasteiger partial charge in [-0.3, -0.25) is 4.79 Å². The molecule has 2 saturated heterocycles. The van der Waals surface area contributed by atoms with Crippen LogP contribution in [-0.4, -0.2) is 43.6 Å². The molecule has 1 aromatic rings. The fourth-order valence-corrected chi connectivity index (χ4v) is 3.67. The topological polar surface area (TPSA) is 41.6 Å². The van der Waals surface area contributed by atoms with Gasteiger partial charge in [-0.2, -0.15) is 0 Å². The number of benzene rings is 1. The lowest BCUT2D eigenvalue weighted by molar-refractivity contribution is -0.133. The van der Waals surface area contributed by atoms with E-state index >= 15 is 0 Å². The monoisotopic (exact) mass is 352 g/mol. The van der Waals surface area contributed by atoms with E-state index in [0.717, 1.165) is 56.6 Å². The van der Waals surface area contributed by atoms with E-state index in [0.29, 0.717) is 5.92 Å². The van der Waals surface area contributed by atoms with Crippen molar-refractivity contribution >= 4 is 18.3 Å². The molecule has 0 aromatic heterocycles. The van der Waals surface area contributed by atoms with Crippen molar-refractivity contribution in [3.8, 4) is 5.75 Å². The predicted molar refractivity (Wildman–Crippen MR) is 98.9 cm³/mol. The van der Waals surface area contributed by atoms with E-state index < -0.39 is 0 Å². The molecule has 0 radical (unpaired) electrons. The molecule has 134 valence electrons. The third-order valence-electron chi connectivity index (χ3n) is 5.26. The summed E-state index contributed by atoms with van der Waals surface area (Å²) < 4.78 is 5.74. The van der Waals surface area contributed by atoms with Crippen LogP contribution in [0, 0.1) is 11.8 Å². The number of ether oxygens (including phenoxy) is 1. The van der Waals surface area contributed by atoms with Gasteiger partial charge in [-0.25, -0.2) is 0 Å². The van der Waals surface area contributed by atoms with Crippen LogP contribution in [0.25, 0.3) is 0 Å². The number of nitrogens with one attached hydrogen (secondary N) is 1. The summed E-state index contributed by atoms with van der Waals surface area (Å²) in [6.45, 7) is 8.44. The van der Waals surface area contributed by atoms with Crippen molar-refractivity contribution in [2.24, 2.45) is 11.8 Å². The van der Waals surface area contributed by atoms with Crippen LogP contribution in [0.2, 0.25) is 0 Å². The number of carbonyl (C=O) groups excluding carboxylic acids is 1. The van der Waals surface area contributed by atoms with Crippen molar-refractivity contribution in [3.05, 3.63) is 29.8 Å². The Morgan fingerprint density at radius 2 is 1.92 bits per heavy atom. The van der Waals surface area contributed by atoms with Gasteiger partial charge in [0.2, 0.25) is 0 Å². The van der Waals surface area contributed by atoms with Gasteiger partial charge < -0.3 is 15.0 Å². The molecule has 0 aliphatic carbocycles. The molecule has 0 spiro atoms. The number of rotatable bonds is 4. The Hall–Kier alpha value is -1.26. The predicted octanol–water partition coefficient (Wildman–Crippen LogP) is 3.07. The van der Waals surface area contributed by atoms with Crippen molar-refractivity contribution in [1.82, 2.24) is 10.2 Å². The van der Waals surface area contributed by atoms with Gasteiger partial charge in [-0.1, -0.05) is 26.0 Å². The highest BCUT2D eigenvalue weighted by Gasteiger charge is 2.31. The highest BCUT2D eigenvalue weighted by molar-refractivity contribution is 5.85. The van der Waals surface area contributed by atoms with E-state index in [1.54, 1.807) is 0 Å². The SMILES string of the molecule is CC(C)c1cccc(OCC(=O)N2CC[C@@H]3CNC[C@@H]3CC2)c1.Cl. The second-order valence-electron chi connectivity index (χ2n) is 7.15. The third kappa shape index (κ3) is 4.64. The first-order valence-electron chi connectivity index (χ1n) is 8.84. The lowest BCUT2D eigenvalue weighted by Gasteiger charge is -2.21. The molecule has 0 unspecified atom stereocenters. The normalized spacial score (nSPS) is 23.4. The second kappa shape index (κ2) is 8.72. The summed E-state index contributed by atoms with van der Waals surface area (Å²) >= 11 is 0. The minimum absolute atomic E-state index is 0. The summed E-state index contributed by atoms with van der Waals surface area (Å²) in [4.78, 5) is 14.4. The van der Waals surface area contributed by atoms with E-state index in [4.69, 9.17) is 4.74 Å². The molecule has 4 nitrogen and oxygen atoms in total. The van der Waals surface area contributed by atoms with Gasteiger partial charge in [-0.05, 0) is 61.4 Å². The smallest absolute Gasteiger partial charge is 0.260 e. The van der Waals surface area contributed by atoms with Crippen LogP contribution in [0.4, 0.5) is 0 Å². The highest BCUT2D eigenvalue weighted by Crippen LogP contribution is 2.27. The second-order valence-corrected chi connectivity index (χ2v) is 7.15. The molecule has 1 N–H and O–H groups in total. The van der Waals surface area contributed by atoms with Gasteiger partial charge in [0, 0.05) is 13.1 Å². The summed E-state index contributed by atoms with van der Waals surface area (Å²) in [5.41, 5.74) is 1.24. The molecule has 2 fully saturated rings. The maximum Gasteiger partial charge on any atom is 0.260 e. The Kier molecular flexibility index (Phi) is 6.93. The van der Waals surface area contributed by atoms with Crippen LogP contribution in [0.1, 0.15) is 38.2 Å². The molecule has 5 heteroatoms. The molecule has 2 heterocycles. The first kappa shape index (κ1) is 19.1. The Bertz CT molecular complexity index is 536. The summed E-state index contributed by atoms with van der Waals surface area (Å²) in [6, 6.07) is 8.06.